The number of ether oxygens (including phenoxy) is 2. The molecule has 4 rings (SSSR count). The summed E-state index contributed by atoms with van der Waals surface area (Å²) in [4.78, 5) is 41.1. The van der Waals surface area contributed by atoms with E-state index in [0.717, 1.165) is 26.9 Å². The molecule has 39 heavy (non-hydrogen) atoms. The van der Waals surface area contributed by atoms with Crippen LogP contribution in [-0.4, -0.2) is 49.0 Å². The molecular weight excluding hydrogens is 518 g/mol. The lowest BCUT2D eigenvalue weighted by Gasteiger charge is -2.15. The Morgan fingerprint density at radius 3 is 2.41 bits per heavy atom. The number of nitrogens with one attached hydrogen (secondary N) is 1. The van der Waals surface area contributed by atoms with Gasteiger partial charge in [-0.3, -0.25) is 14.2 Å². The van der Waals surface area contributed by atoms with Crippen LogP contribution in [0.1, 0.15) is 23.6 Å². The summed E-state index contributed by atoms with van der Waals surface area (Å²) in [5, 5.41) is 6.80. The number of carbonyl (C=O) groups excluding carboxylic acids is 2. The number of oxime groups is 1. The lowest BCUT2D eigenvalue weighted by atomic mass is 10.0. The summed E-state index contributed by atoms with van der Waals surface area (Å²) in [5.74, 6) is -0.183. The fourth-order valence-electron chi connectivity index (χ4n) is 4.18. The van der Waals surface area contributed by atoms with Crippen molar-refractivity contribution < 1.29 is 23.9 Å². The van der Waals surface area contributed by atoms with Crippen LogP contribution in [0.25, 0.3) is 10.2 Å². The standard InChI is InChI=1S/C29H29N3O6S/c1-19(33)30-24(28(34)36-2)17-20-9-12-23(13-10-20)38-16-15-32-25-14-11-22(18-26(25)39-29(32)35)27(31-37-3)21-7-5-4-6-8-21/h4-14,18,24H,15-17H2,1-3H3,(H,30,33). The summed E-state index contributed by atoms with van der Waals surface area (Å²) in [7, 11) is 2.79. The molecule has 10 heteroatoms. The zero-order valence-corrected chi connectivity index (χ0v) is 22.7. The van der Waals surface area contributed by atoms with Crippen molar-refractivity contribution in [3.63, 3.8) is 0 Å². The number of amides is 1. The van der Waals surface area contributed by atoms with Crippen LogP contribution in [0.3, 0.4) is 0 Å². The maximum atomic E-state index is 12.8. The van der Waals surface area contributed by atoms with Crippen LogP contribution in [0, 0.1) is 0 Å². The van der Waals surface area contributed by atoms with Crippen LogP contribution < -0.4 is 14.9 Å². The predicted molar refractivity (Wildman–Crippen MR) is 150 cm³/mol. The van der Waals surface area contributed by atoms with E-state index in [9.17, 15) is 14.4 Å². The SMILES string of the molecule is CON=C(c1ccccc1)c1ccc2c(c1)sc(=O)n2CCOc1ccc(CC(NC(C)=O)C(=O)OC)cc1. The first-order valence-corrected chi connectivity index (χ1v) is 13.1. The number of thiazole rings is 1. The highest BCUT2D eigenvalue weighted by Crippen LogP contribution is 2.22. The molecule has 1 heterocycles. The van der Waals surface area contributed by atoms with Crippen LogP contribution in [0.5, 0.6) is 5.75 Å². The normalized spacial score (nSPS) is 12.1. The maximum Gasteiger partial charge on any atom is 0.328 e. The fourth-order valence-corrected chi connectivity index (χ4v) is 5.13. The molecule has 0 bridgehead atoms. The number of esters is 1. The molecule has 1 atom stereocenters. The number of hydrogen-bond donors (Lipinski definition) is 1. The largest absolute Gasteiger partial charge is 0.492 e. The summed E-state index contributed by atoms with van der Waals surface area (Å²) in [6.45, 7) is 2.03. The first-order chi connectivity index (χ1) is 18.9. The molecule has 0 aliphatic carbocycles. The van der Waals surface area contributed by atoms with Gasteiger partial charge in [-0.25, -0.2) is 4.79 Å². The van der Waals surface area contributed by atoms with Gasteiger partial charge >= 0.3 is 10.8 Å². The first-order valence-electron chi connectivity index (χ1n) is 12.3. The van der Waals surface area contributed by atoms with Gasteiger partial charge in [-0.15, -0.1) is 0 Å². The Balaban J connectivity index is 1.42. The second-order valence-electron chi connectivity index (χ2n) is 8.66. The molecule has 1 unspecified atom stereocenters. The number of aromatic nitrogens is 1. The molecule has 0 radical (unpaired) electrons. The monoisotopic (exact) mass is 547 g/mol. The topological polar surface area (TPSA) is 108 Å². The van der Waals surface area contributed by atoms with E-state index >= 15 is 0 Å². The second kappa shape index (κ2) is 12.9. The smallest absolute Gasteiger partial charge is 0.328 e. The molecule has 202 valence electrons. The molecular formula is C29H29N3O6S. The lowest BCUT2D eigenvalue weighted by Crippen LogP contribution is -2.41. The second-order valence-corrected chi connectivity index (χ2v) is 9.66. The average molecular weight is 548 g/mol. The van der Waals surface area contributed by atoms with Gasteiger partial charge in [0.1, 0.15) is 31.2 Å². The molecule has 0 fully saturated rings. The van der Waals surface area contributed by atoms with E-state index in [1.165, 1.54) is 32.5 Å². The average Bonchev–Trinajstić information content (AvgIpc) is 3.26. The molecule has 0 saturated carbocycles. The van der Waals surface area contributed by atoms with Gasteiger partial charge in [-0.1, -0.05) is 65.0 Å². The summed E-state index contributed by atoms with van der Waals surface area (Å²) in [6, 6.07) is 22.0. The molecule has 4 aromatic rings. The minimum absolute atomic E-state index is 0.0714. The van der Waals surface area contributed by atoms with E-state index < -0.39 is 12.0 Å². The van der Waals surface area contributed by atoms with Gasteiger partial charge in [0.2, 0.25) is 5.91 Å². The van der Waals surface area contributed by atoms with Crippen molar-refractivity contribution in [2.75, 3.05) is 20.8 Å². The van der Waals surface area contributed by atoms with Crippen molar-refractivity contribution in [1.82, 2.24) is 9.88 Å². The third-order valence-corrected chi connectivity index (χ3v) is 6.92. The molecule has 0 aliphatic heterocycles. The summed E-state index contributed by atoms with van der Waals surface area (Å²) in [6.07, 6.45) is 0.298. The minimum atomic E-state index is -0.761. The highest BCUT2D eigenvalue weighted by Gasteiger charge is 2.20. The van der Waals surface area contributed by atoms with Gasteiger partial charge in [-0.2, -0.15) is 0 Å². The molecule has 0 spiro atoms. The zero-order valence-electron chi connectivity index (χ0n) is 21.9. The van der Waals surface area contributed by atoms with Crippen LogP contribution in [0.2, 0.25) is 0 Å². The Bertz CT molecular complexity index is 1530. The summed E-state index contributed by atoms with van der Waals surface area (Å²) >= 11 is 1.17. The number of carbonyl (C=O) groups is 2. The number of nitrogens with zero attached hydrogens (tertiary/aromatic N) is 2. The first kappa shape index (κ1) is 27.6. The lowest BCUT2D eigenvalue weighted by molar-refractivity contribution is -0.144. The van der Waals surface area contributed by atoms with Crippen molar-refractivity contribution in [1.29, 1.82) is 0 Å². The maximum absolute atomic E-state index is 12.8. The van der Waals surface area contributed by atoms with Crippen LogP contribution in [0.4, 0.5) is 0 Å². The number of rotatable bonds is 11. The molecule has 1 N–H and O–H groups in total. The van der Waals surface area contributed by atoms with Crippen molar-refractivity contribution in [3.05, 3.63) is 99.2 Å². The summed E-state index contributed by atoms with van der Waals surface area (Å²) < 4.78 is 13.2. The Morgan fingerprint density at radius 2 is 1.74 bits per heavy atom. The Labute approximate surface area is 229 Å². The van der Waals surface area contributed by atoms with Gasteiger partial charge in [-0.05, 0) is 29.8 Å². The fraction of sp³-hybridized carbons (Fsp3) is 0.241. The molecule has 0 saturated heterocycles. The van der Waals surface area contributed by atoms with Crippen LogP contribution >= 0.6 is 11.3 Å². The minimum Gasteiger partial charge on any atom is -0.492 e. The molecule has 3 aromatic carbocycles. The van der Waals surface area contributed by atoms with Crippen LogP contribution in [-0.2, 0) is 32.1 Å². The number of benzene rings is 3. The Kier molecular flexibility index (Phi) is 9.11. The molecule has 9 nitrogen and oxygen atoms in total. The number of fused-ring (bicyclic) bond motifs is 1. The van der Waals surface area contributed by atoms with Gasteiger partial charge in [0.05, 0.1) is 23.9 Å². The Hall–Kier alpha value is -4.44. The van der Waals surface area contributed by atoms with E-state index in [1.807, 2.05) is 60.7 Å². The zero-order chi connectivity index (χ0) is 27.8. The van der Waals surface area contributed by atoms with E-state index in [-0.39, 0.29) is 10.8 Å². The molecule has 1 aromatic heterocycles. The van der Waals surface area contributed by atoms with Crippen molar-refractivity contribution in [3.8, 4) is 5.75 Å². The van der Waals surface area contributed by atoms with Gasteiger partial charge in [0, 0.05) is 24.5 Å². The highest BCUT2D eigenvalue weighted by molar-refractivity contribution is 7.16. The Morgan fingerprint density at radius 1 is 1.00 bits per heavy atom. The van der Waals surface area contributed by atoms with Crippen LogP contribution in [0.15, 0.2) is 82.7 Å². The van der Waals surface area contributed by atoms with E-state index in [0.29, 0.717) is 31.0 Å². The van der Waals surface area contributed by atoms with E-state index in [2.05, 4.69) is 10.5 Å². The van der Waals surface area contributed by atoms with Crippen molar-refractivity contribution in [2.45, 2.75) is 25.9 Å². The van der Waals surface area contributed by atoms with E-state index in [1.54, 1.807) is 16.7 Å². The van der Waals surface area contributed by atoms with Crippen molar-refractivity contribution in [2.24, 2.45) is 5.16 Å². The third kappa shape index (κ3) is 6.91. The number of methoxy groups -OCH3 is 1. The quantitative estimate of drug-likeness (QED) is 0.174. The number of hydrogen-bond acceptors (Lipinski definition) is 8. The van der Waals surface area contributed by atoms with Gasteiger partial charge in [0.25, 0.3) is 0 Å². The van der Waals surface area contributed by atoms with Gasteiger partial charge < -0.3 is 19.6 Å². The molecule has 1 amide bonds. The van der Waals surface area contributed by atoms with E-state index in [4.69, 9.17) is 14.3 Å². The molecule has 0 aliphatic rings. The predicted octanol–water partition coefficient (Wildman–Crippen LogP) is 3.76. The van der Waals surface area contributed by atoms with Gasteiger partial charge in [0.15, 0.2) is 0 Å². The van der Waals surface area contributed by atoms with Crippen molar-refractivity contribution >= 4 is 39.1 Å². The summed E-state index contributed by atoms with van der Waals surface area (Å²) in [5.41, 5.74) is 4.13. The third-order valence-electron chi connectivity index (χ3n) is 5.98. The highest BCUT2D eigenvalue weighted by atomic mass is 32.1.